The molecule has 0 saturated heterocycles. The van der Waals surface area contributed by atoms with Crippen LogP contribution in [0.4, 0.5) is 10.8 Å². The lowest BCUT2D eigenvalue weighted by Crippen LogP contribution is -2.28. The normalized spacial score (nSPS) is 10.8. The second kappa shape index (κ2) is 11.3. The molecule has 1 aromatic carbocycles. The summed E-state index contributed by atoms with van der Waals surface area (Å²) < 4.78 is 11.3. The highest BCUT2D eigenvalue weighted by Gasteiger charge is 2.21. The van der Waals surface area contributed by atoms with Crippen molar-refractivity contribution in [3.05, 3.63) is 62.5 Å². The predicted molar refractivity (Wildman–Crippen MR) is 141 cm³/mol. The summed E-state index contributed by atoms with van der Waals surface area (Å²) in [6, 6.07) is 7.00. The Hall–Kier alpha value is -4.10. The molecule has 13 heteroatoms. The van der Waals surface area contributed by atoms with Gasteiger partial charge in [-0.25, -0.2) is 9.97 Å². The number of thiazole rings is 1. The van der Waals surface area contributed by atoms with E-state index in [-0.39, 0.29) is 25.0 Å². The van der Waals surface area contributed by atoms with E-state index in [9.17, 15) is 19.2 Å². The summed E-state index contributed by atoms with van der Waals surface area (Å²) in [7, 11) is 1.51. The minimum atomic E-state index is -0.484. The molecule has 0 aliphatic rings. The van der Waals surface area contributed by atoms with Gasteiger partial charge in [0.2, 0.25) is 5.91 Å². The van der Waals surface area contributed by atoms with Crippen LogP contribution in [0.1, 0.15) is 27.9 Å². The number of aromatic nitrogens is 3. The summed E-state index contributed by atoms with van der Waals surface area (Å²) in [5.74, 6) is -0.772. The second-order valence-electron chi connectivity index (χ2n) is 7.74. The predicted octanol–water partition coefficient (Wildman–Crippen LogP) is 3.23. The van der Waals surface area contributed by atoms with Gasteiger partial charge in [0.25, 0.3) is 11.5 Å². The maximum atomic E-state index is 13.2. The van der Waals surface area contributed by atoms with Crippen molar-refractivity contribution in [3.63, 3.8) is 0 Å². The van der Waals surface area contributed by atoms with Gasteiger partial charge in [-0.15, -0.1) is 22.7 Å². The number of amides is 2. The molecule has 4 aromatic rings. The van der Waals surface area contributed by atoms with Crippen molar-refractivity contribution in [3.8, 4) is 5.75 Å². The van der Waals surface area contributed by atoms with E-state index in [1.54, 1.807) is 43.5 Å². The van der Waals surface area contributed by atoms with Gasteiger partial charge in [0.15, 0.2) is 5.13 Å². The van der Waals surface area contributed by atoms with Crippen LogP contribution >= 0.6 is 22.7 Å². The molecular formula is C24H23N5O6S2. The molecule has 0 bridgehead atoms. The topological polar surface area (TPSA) is 142 Å². The summed E-state index contributed by atoms with van der Waals surface area (Å²) in [6.45, 7) is 3.36. The van der Waals surface area contributed by atoms with Crippen molar-refractivity contribution in [1.82, 2.24) is 14.5 Å². The molecule has 0 unspecified atom stereocenters. The number of para-hydroxylation sites is 2. The summed E-state index contributed by atoms with van der Waals surface area (Å²) >= 11 is 2.26. The first kappa shape index (κ1) is 26.0. The second-order valence-corrected chi connectivity index (χ2v) is 9.60. The van der Waals surface area contributed by atoms with Crippen LogP contribution in [0.25, 0.3) is 10.2 Å². The van der Waals surface area contributed by atoms with Gasteiger partial charge in [0.1, 0.15) is 17.1 Å². The number of nitrogens with zero attached hydrogens (tertiary/aromatic N) is 3. The number of carbonyl (C=O) groups excluding carboxylic acids is 3. The number of benzene rings is 1. The molecule has 0 fully saturated rings. The largest absolute Gasteiger partial charge is 0.495 e. The number of rotatable bonds is 9. The van der Waals surface area contributed by atoms with Gasteiger partial charge in [0, 0.05) is 5.38 Å². The van der Waals surface area contributed by atoms with Crippen LogP contribution in [-0.2, 0) is 27.3 Å². The number of anilines is 2. The molecule has 192 valence electrons. The van der Waals surface area contributed by atoms with Crippen molar-refractivity contribution >= 4 is 61.5 Å². The van der Waals surface area contributed by atoms with E-state index in [1.165, 1.54) is 18.0 Å². The molecule has 0 spiro atoms. The van der Waals surface area contributed by atoms with Gasteiger partial charge in [-0.3, -0.25) is 23.7 Å². The number of ether oxygens (including phenoxy) is 2. The number of thiophene rings is 1. The Kier molecular flexibility index (Phi) is 7.94. The van der Waals surface area contributed by atoms with Crippen molar-refractivity contribution in [2.75, 3.05) is 24.4 Å². The fraction of sp³-hybridized carbons (Fsp3) is 0.250. The number of carbonyl (C=O) groups is 3. The van der Waals surface area contributed by atoms with Crippen molar-refractivity contribution in [2.45, 2.75) is 26.8 Å². The van der Waals surface area contributed by atoms with Gasteiger partial charge >= 0.3 is 5.97 Å². The van der Waals surface area contributed by atoms with E-state index in [2.05, 4.69) is 20.6 Å². The molecule has 2 N–H and O–H groups in total. The average molecular weight is 542 g/mol. The number of aryl methyl sites for hydroxylation is 1. The lowest BCUT2D eigenvalue weighted by Gasteiger charge is -2.09. The Balaban J connectivity index is 1.49. The molecule has 4 rings (SSSR count). The molecule has 11 nitrogen and oxygen atoms in total. The fourth-order valence-corrected chi connectivity index (χ4v) is 5.30. The van der Waals surface area contributed by atoms with Crippen LogP contribution in [-0.4, -0.2) is 46.0 Å². The molecule has 2 amide bonds. The Bertz CT molecular complexity index is 1540. The Morgan fingerprint density at radius 1 is 1.16 bits per heavy atom. The van der Waals surface area contributed by atoms with Crippen LogP contribution in [0.15, 0.2) is 40.8 Å². The zero-order valence-electron chi connectivity index (χ0n) is 20.2. The lowest BCUT2D eigenvalue weighted by molar-refractivity contribution is -0.142. The van der Waals surface area contributed by atoms with E-state index < -0.39 is 23.3 Å². The maximum absolute atomic E-state index is 13.2. The third kappa shape index (κ3) is 5.84. The molecule has 0 radical (unpaired) electrons. The molecule has 0 aliphatic heterocycles. The molecule has 3 heterocycles. The fourth-order valence-electron chi connectivity index (χ4n) is 3.53. The minimum absolute atomic E-state index is 0.00462. The zero-order valence-corrected chi connectivity index (χ0v) is 21.8. The highest BCUT2D eigenvalue weighted by molar-refractivity contribution is 7.20. The van der Waals surface area contributed by atoms with Gasteiger partial charge in [-0.05, 0) is 31.5 Å². The van der Waals surface area contributed by atoms with E-state index in [4.69, 9.17) is 9.47 Å². The summed E-state index contributed by atoms with van der Waals surface area (Å²) in [4.78, 5) is 59.5. The quantitative estimate of drug-likeness (QED) is 0.308. The first-order chi connectivity index (χ1) is 17.8. The first-order valence-electron chi connectivity index (χ1n) is 11.1. The number of esters is 1. The average Bonchev–Trinajstić information content (AvgIpc) is 3.45. The summed E-state index contributed by atoms with van der Waals surface area (Å²) in [6.07, 6.45) is 1.28. The Morgan fingerprint density at radius 3 is 2.70 bits per heavy atom. The van der Waals surface area contributed by atoms with Gasteiger partial charge in [0.05, 0.1) is 48.1 Å². The van der Waals surface area contributed by atoms with Crippen LogP contribution in [0, 0.1) is 6.92 Å². The molecule has 3 aromatic heterocycles. The number of methoxy groups -OCH3 is 1. The van der Waals surface area contributed by atoms with E-state index in [1.807, 2.05) is 0 Å². The molecule has 37 heavy (non-hydrogen) atoms. The summed E-state index contributed by atoms with van der Waals surface area (Å²) in [5.41, 5.74) is 1.02. The molecule has 0 atom stereocenters. The van der Waals surface area contributed by atoms with Crippen LogP contribution in [0.5, 0.6) is 5.75 Å². The van der Waals surface area contributed by atoms with Crippen molar-refractivity contribution in [1.29, 1.82) is 0 Å². The molecular weight excluding hydrogens is 518 g/mol. The summed E-state index contributed by atoms with van der Waals surface area (Å²) in [5, 5.41) is 7.65. The van der Waals surface area contributed by atoms with E-state index in [0.717, 1.165) is 22.7 Å². The number of hydrogen-bond acceptors (Lipinski definition) is 10. The van der Waals surface area contributed by atoms with E-state index in [0.29, 0.717) is 37.5 Å². The highest BCUT2D eigenvalue weighted by Crippen LogP contribution is 2.29. The standard InChI is InChI=1S/C24H23N5O6S2/c1-4-35-18(31)9-14-11-36-24(26-14)28-17(30)10-29-12-25-22-19(23(29)33)13(2)20(37-22)21(32)27-15-7-5-6-8-16(15)34-3/h5-8,11-12H,4,9-10H2,1-3H3,(H,27,32)(H,26,28,30). The lowest BCUT2D eigenvalue weighted by atomic mass is 10.2. The maximum Gasteiger partial charge on any atom is 0.311 e. The van der Waals surface area contributed by atoms with Gasteiger partial charge in [-0.1, -0.05) is 12.1 Å². The number of fused-ring (bicyclic) bond motifs is 1. The third-order valence-corrected chi connectivity index (χ3v) is 7.23. The molecule has 0 aliphatic carbocycles. The smallest absolute Gasteiger partial charge is 0.311 e. The SMILES string of the molecule is CCOC(=O)Cc1csc(NC(=O)Cn2cnc3sc(C(=O)Nc4ccccc4OC)c(C)c3c2=O)n1. The van der Waals surface area contributed by atoms with Crippen LogP contribution in [0.3, 0.4) is 0 Å². The third-order valence-electron chi connectivity index (χ3n) is 5.22. The molecule has 0 saturated carbocycles. The number of nitrogens with one attached hydrogen (secondary N) is 2. The van der Waals surface area contributed by atoms with Crippen LogP contribution in [0.2, 0.25) is 0 Å². The number of hydrogen-bond donors (Lipinski definition) is 2. The zero-order chi connectivity index (χ0) is 26.5. The minimum Gasteiger partial charge on any atom is -0.495 e. The van der Waals surface area contributed by atoms with E-state index >= 15 is 0 Å². The Labute approximate surface area is 219 Å². The van der Waals surface area contributed by atoms with Crippen molar-refractivity contribution < 1.29 is 23.9 Å². The van der Waals surface area contributed by atoms with Gasteiger partial charge < -0.3 is 20.1 Å². The van der Waals surface area contributed by atoms with Gasteiger partial charge in [-0.2, -0.15) is 0 Å². The van der Waals surface area contributed by atoms with Crippen LogP contribution < -0.4 is 20.9 Å². The highest BCUT2D eigenvalue weighted by atomic mass is 32.1. The monoisotopic (exact) mass is 541 g/mol. The van der Waals surface area contributed by atoms with Crippen molar-refractivity contribution in [2.24, 2.45) is 0 Å². The first-order valence-corrected chi connectivity index (χ1v) is 12.8. The Morgan fingerprint density at radius 2 is 1.95 bits per heavy atom.